The molecule has 0 aromatic heterocycles. The van der Waals surface area contributed by atoms with Crippen molar-refractivity contribution in [1.82, 2.24) is 0 Å². The average Bonchev–Trinajstić information content (AvgIpc) is 2.55. The quantitative estimate of drug-likeness (QED) is 0.242. The van der Waals surface area contributed by atoms with Crippen molar-refractivity contribution in [2.75, 3.05) is 13.1 Å². The second-order valence-corrected chi connectivity index (χ2v) is 5.81. The number of ether oxygens (including phenoxy) is 3. The van der Waals surface area contributed by atoms with Crippen molar-refractivity contribution in [2.24, 2.45) is 22.9 Å². The van der Waals surface area contributed by atoms with E-state index in [1.54, 1.807) is 0 Å². The molecule has 2 rings (SSSR count). The monoisotopic (exact) mass is 338 g/mol. The Morgan fingerprint density at radius 3 is 1.35 bits per heavy atom. The molecule has 136 valence electrons. The largest absolute Gasteiger partial charge is 0.388 e. The molecule has 10 atom stereocenters. The van der Waals surface area contributed by atoms with Crippen LogP contribution in [-0.2, 0) is 14.2 Å². The lowest BCUT2D eigenvalue weighted by molar-refractivity contribution is -0.355. The normalized spacial score (nSPS) is 51.7. The highest BCUT2D eigenvalue weighted by molar-refractivity contribution is 4.95. The zero-order valence-corrected chi connectivity index (χ0v) is 12.5. The van der Waals surface area contributed by atoms with Crippen LogP contribution in [0.5, 0.6) is 0 Å². The highest BCUT2D eigenvalue weighted by Crippen LogP contribution is 2.26. The third kappa shape index (κ3) is 3.65. The predicted molar refractivity (Wildman–Crippen MR) is 76.5 cm³/mol. The molecule has 0 amide bonds. The first kappa shape index (κ1) is 18.9. The van der Waals surface area contributed by atoms with Gasteiger partial charge in [-0.1, -0.05) is 0 Å². The number of rotatable bonds is 4. The van der Waals surface area contributed by atoms with Crippen LogP contribution in [-0.4, -0.2) is 94.8 Å². The zero-order chi connectivity index (χ0) is 17.3. The van der Waals surface area contributed by atoms with E-state index in [2.05, 4.69) is 0 Å². The summed E-state index contributed by atoms with van der Waals surface area (Å²) in [7, 11) is 0. The summed E-state index contributed by atoms with van der Waals surface area (Å²) in [4.78, 5) is 0. The van der Waals surface area contributed by atoms with Crippen LogP contribution in [0, 0.1) is 0 Å². The van der Waals surface area contributed by atoms with E-state index in [1.165, 1.54) is 0 Å². The second kappa shape index (κ2) is 7.63. The van der Waals surface area contributed by atoms with E-state index < -0.39 is 61.3 Å². The lowest BCUT2D eigenvalue weighted by Gasteiger charge is -2.45. The molecular formula is C12H26N4O7. The Bertz CT molecular complexity index is 354. The van der Waals surface area contributed by atoms with Gasteiger partial charge in [-0.05, 0) is 0 Å². The van der Waals surface area contributed by atoms with Gasteiger partial charge in [0.1, 0.15) is 24.4 Å². The van der Waals surface area contributed by atoms with Gasteiger partial charge in [-0.3, -0.25) is 0 Å². The molecule has 2 aliphatic heterocycles. The molecule has 2 aliphatic rings. The van der Waals surface area contributed by atoms with Crippen LogP contribution in [0.2, 0.25) is 0 Å². The maximum Gasteiger partial charge on any atom is 0.189 e. The Morgan fingerprint density at radius 2 is 1.04 bits per heavy atom. The summed E-state index contributed by atoms with van der Waals surface area (Å²) in [6.45, 7) is -0.00435. The number of aliphatic hydroxyl groups excluding tert-OH is 4. The summed E-state index contributed by atoms with van der Waals surface area (Å²) in [5, 5.41) is 39.9. The van der Waals surface area contributed by atoms with Crippen molar-refractivity contribution >= 4 is 0 Å². The maximum atomic E-state index is 10.0. The molecule has 0 saturated carbocycles. The van der Waals surface area contributed by atoms with Gasteiger partial charge >= 0.3 is 0 Å². The first-order chi connectivity index (χ1) is 10.8. The van der Waals surface area contributed by atoms with Crippen LogP contribution in [0.15, 0.2) is 0 Å². The standard InChI is InChI=1S/C12H26N4O7/c13-1-3-5(15)7(17)9(19)11(21-3)23-12-10(20)8(18)6(16)4(2-14)22-12/h3-12,17-20H,1-2,13-16H2/t3-,4-,5+,6+,7+,8+,9-,10-,11-,12-/m1/s1. The fraction of sp³-hybridized carbons (Fsp3) is 1.00. The second-order valence-electron chi connectivity index (χ2n) is 5.81. The van der Waals surface area contributed by atoms with E-state index in [1.807, 2.05) is 0 Å². The average molecular weight is 338 g/mol. The van der Waals surface area contributed by atoms with Crippen molar-refractivity contribution in [2.45, 2.75) is 61.3 Å². The minimum absolute atomic E-state index is 0.00217. The Morgan fingerprint density at radius 1 is 0.696 bits per heavy atom. The highest BCUT2D eigenvalue weighted by Gasteiger charge is 2.48. The van der Waals surface area contributed by atoms with E-state index in [0.29, 0.717) is 0 Å². The summed E-state index contributed by atoms with van der Waals surface area (Å²) in [6, 6.07) is -1.77. The smallest absolute Gasteiger partial charge is 0.189 e. The molecule has 2 saturated heterocycles. The van der Waals surface area contributed by atoms with Gasteiger partial charge in [0.25, 0.3) is 0 Å². The van der Waals surface area contributed by atoms with E-state index in [0.717, 1.165) is 0 Å². The first-order valence-electron chi connectivity index (χ1n) is 7.41. The van der Waals surface area contributed by atoms with Crippen LogP contribution in [0.1, 0.15) is 0 Å². The Balaban J connectivity index is 2.07. The van der Waals surface area contributed by atoms with Crippen LogP contribution < -0.4 is 22.9 Å². The van der Waals surface area contributed by atoms with Crippen molar-refractivity contribution in [1.29, 1.82) is 0 Å². The number of nitrogens with two attached hydrogens (primary N) is 4. The fourth-order valence-corrected chi connectivity index (χ4v) is 2.69. The molecule has 0 radical (unpaired) electrons. The van der Waals surface area contributed by atoms with Gasteiger partial charge in [0, 0.05) is 13.1 Å². The Kier molecular flexibility index (Phi) is 6.27. The minimum atomic E-state index is -1.48. The number of hydrogen-bond donors (Lipinski definition) is 8. The highest BCUT2D eigenvalue weighted by atomic mass is 16.8. The van der Waals surface area contributed by atoms with Gasteiger partial charge in [0.2, 0.25) is 0 Å². The van der Waals surface area contributed by atoms with Crippen molar-refractivity contribution in [3.05, 3.63) is 0 Å². The zero-order valence-electron chi connectivity index (χ0n) is 12.5. The number of hydrogen-bond acceptors (Lipinski definition) is 11. The number of aliphatic hydroxyl groups is 4. The van der Waals surface area contributed by atoms with E-state index in [-0.39, 0.29) is 13.1 Å². The molecule has 0 spiro atoms. The van der Waals surface area contributed by atoms with E-state index in [9.17, 15) is 20.4 Å². The van der Waals surface area contributed by atoms with E-state index >= 15 is 0 Å². The fourth-order valence-electron chi connectivity index (χ4n) is 2.69. The summed E-state index contributed by atoms with van der Waals surface area (Å²) >= 11 is 0. The van der Waals surface area contributed by atoms with Crippen molar-refractivity contribution < 1.29 is 34.6 Å². The topological polar surface area (TPSA) is 213 Å². The molecule has 11 heteroatoms. The van der Waals surface area contributed by atoms with Crippen LogP contribution >= 0.6 is 0 Å². The summed E-state index contributed by atoms with van der Waals surface area (Å²) in [5.41, 5.74) is 22.4. The van der Waals surface area contributed by atoms with Crippen LogP contribution in [0.25, 0.3) is 0 Å². The molecule has 12 N–H and O–H groups in total. The first-order valence-corrected chi connectivity index (χ1v) is 7.41. The lowest BCUT2D eigenvalue weighted by Crippen LogP contribution is -2.67. The lowest BCUT2D eigenvalue weighted by atomic mass is 9.96. The Labute approximate surface area is 133 Å². The summed E-state index contributed by atoms with van der Waals surface area (Å²) in [6.07, 6.45) is -9.83. The van der Waals surface area contributed by atoms with Gasteiger partial charge in [-0.15, -0.1) is 0 Å². The van der Waals surface area contributed by atoms with E-state index in [4.69, 9.17) is 37.1 Å². The van der Waals surface area contributed by atoms with Crippen LogP contribution in [0.4, 0.5) is 0 Å². The van der Waals surface area contributed by atoms with Gasteiger partial charge < -0.3 is 57.6 Å². The molecule has 23 heavy (non-hydrogen) atoms. The van der Waals surface area contributed by atoms with Crippen molar-refractivity contribution in [3.63, 3.8) is 0 Å². The third-order valence-electron chi connectivity index (χ3n) is 4.26. The molecule has 2 fully saturated rings. The van der Waals surface area contributed by atoms with Crippen molar-refractivity contribution in [3.8, 4) is 0 Å². The van der Waals surface area contributed by atoms with Gasteiger partial charge in [-0.25, -0.2) is 0 Å². The predicted octanol–water partition coefficient (Wildman–Crippen LogP) is -5.53. The van der Waals surface area contributed by atoms with Gasteiger partial charge in [0.15, 0.2) is 12.6 Å². The third-order valence-corrected chi connectivity index (χ3v) is 4.26. The molecule has 0 bridgehead atoms. The molecular weight excluding hydrogens is 312 g/mol. The minimum Gasteiger partial charge on any atom is -0.388 e. The van der Waals surface area contributed by atoms with Gasteiger partial charge in [0.05, 0.1) is 24.3 Å². The molecule has 0 aromatic carbocycles. The summed E-state index contributed by atoms with van der Waals surface area (Å²) in [5.74, 6) is 0. The Hall–Kier alpha value is -0.440. The molecule has 2 heterocycles. The SMILES string of the molecule is NC[C@H]1O[C@H](O[C@H]2O[C@H](CN)[C@H](N)[C@H](O)[C@H]2O)[C@H](O)[C@@H](O)[C@H]1N. The molecule has 11 nitrogen and oxygen atoms in total. The van der Waals surface area contributed by atoms with Gasteiger partial charge in [-0.2, -0.15) is 0 Å². The maximum absolute atomic E-state index is 10.0. The summed E-state index contributed by atoms with van der Waals surface area (Å²) < 4.78 is 16.2. The van der Waals surface area contributed by atoms with Crippen LogP contribution in [0.3, 0.4) is 0 Å². The molecule has 0 aromatic rings. The molecule has 0 unspecified atom stereocenters. The molecule has 0 aliphatic carbocycles.